The first kappa shape index (κ1) is 16.4. The molecule has 2 aromatic heterocycles. The Morgan fingerprint density at radius 2 is 1.92 bits per heavy atom. The minimum absolute atomic E-state index is 0.0544. The minimum Gasteiger partial charge on any atom is -0.382 e. The van der Waals surface area contributed by atoms with E-state index in [1.54, 1.807) is 0 Å². The molecule has 2 N–H and O–H groups in total. The normalized spacial score (nSPS) is 11.3. The highest BCUT2D eigenvalue weighted by Crippen LogP contribution is 2.32. The van der Waals surface area contributed by atoms with Gasteiger partial charge >= 0.3 is 6.18 Å². The first-order valence-corrected chi connectivity index (χ1v) is 6.89. The van der Waals surface area contributed by atoms with E-state index in [1.807, 2.05) is 6.07 Å². The summed E-state index contributed by atoms with van der Waals surface area (Å²) < 4.78 is 52.9. The fourth-order valence-electron chi connectivity index (χ4n) is 2.26. The molecule has 0 radical (unpaired) electrons. The molecule has 0 aliphatic rings. The van der Waals surface area contributed by atoms with Crippen LogP contribution in [-0.4, -0.2) is 14.8 Å². The third kappa shape index (κ3) is 3.01. The molecule has 0 spiro atoms. The lowest BCUT2D eigenvalue weighted by Crippen LogP contribution is -2.09. The minimum atomic E-state index is -4.57. The number of nitrogens with zero attached hydrogens (tertiary/aromatic N) is 4. The molecule has 3 rings (SSSR count). The average Bonchev–Trinajstić information content (AvgIpc) is 2.91. The fourth-order valence-corrected chi connectivity index (χ4v) is 2.26. The molecule has 3 aromatic rings. The van der Waals surface area contributed by atoms with Crippen LogP contribution in [0.4, 0.5) is 23.4 Å². The number of hydrogen-bond donors (Lipinski definition) is 1. The Morgan fingerprint density at radius 1 is 1.16 bits per heavy atom. The third-order valence-corrected chi connectivity index (χ3v) is 3.42. The van der Waals surface area contributed by atoms with Crippen molar-refractivity contribution in [3.8, 4) is 23.1 Å². The molecule has 25 heavy (non-hydrogen) atoms. The summed E-state index contributed by atoms with van der Waals surface area (Å²) in [4.78, 5) is 3.82. The van der Waals surface area contributed by atoms with Gasteiger partial charge in [-0.2, -0.15) is 28.2 Å². The number of nitrogen functional groups attached to an aromatic ring is 1. The Balaban J connectivity index is 2.18. The molecule has 0 aliphatic carbocycles. The molecule has 0 bridgehead atoms. The van der Waals surface area contributed by atoms with E-state index in [0.717, 1.165) is 29.1 Å². The zero-order valence-electron chi connectivity index (χ0n) is 12.4. The molecule has 0 atom stereocenters. The lowest BCUT2D eigenvalue weighted by molar-refractivity contribution is -0.137. The van der Waals surface area contributed by atoms with Crippen LogP contribution < -0.4 is 5.73 Å². The van der Waals surface area contributed by atoms with E-state index in [0.29, 0.717) is 0 Å². The maximum atomic E-state index is 13.4. The van der Waals surface area contributed by atoms with Gasteiger partial charge in [0, 0.05) is 11.8 Å². The van der Waals surface area contributed by atoms with Gasteiger partial charge in [-0.25, -0.2) is 9.37 Å². The topological polar surface area (TPSA) is 80.5 Å². The monoisotopic (exact) mass is 347 g/mol. The molecule has 1 aromatic carbocycles. The Bertz CT molecular complexity index is 985. The van der Waals surface area contributed by atoms with E-state index in [-0.39, 0.29) is 28.5 Å². The summed E-state index contributed by atoms with van der Waals surface area (Å²) in [7, 11) is 0. The smallest absolute Gasteiger partial charge is 0.382 e. The highest BCUT2D eigenvalue weighted by molar-refractivity contribution is 5.73. The molecule has 2 heterocycles. The van der Waals surface area contributed by atoms with Gasteiger partial charge in [0.25, 0.3) is 0 Å². The number of nitriles is 1. The number of rotatable bonds is 2. The first-order chi connectivity index (χ1) is 11.8. The van der Waals surface area contributed by atoms with Gasteiger partial charge in [-0.1, -0.05) is 12.1 Å². The summed E-state index contributed by atoms with van der Waals surface area (Å²) >= 11 is 0. The zero-order valence-corrected chi connectivity index (χ0v) is 12.4. The van der Waals surface area contributed by atoms with E-state index in [9.17, 15) is 22.8 Å². The van der Waals surface area contributed by atoms with Crippen LogP contribution in [0.1, 0.15) is 11.1 Å². The van der Waals surface area contributed by atoms with Crippen LogP contribution in [0.3, 0.4) is 0 Å². The maximum Gasteiger partial charge on any atom is 0.416 e. The lowest BCUT2D eigenvalue weighted by atomic mass is 10.1. The Hall–Kier alpha value is -3.41. The Labute approximate surface area is 138 Å². The number of alkyl halides is 3. The largest absolute Gasteiger partial charge is 0.416 e. The van der Waals surface area contributed by atoms with Crippen molar-refractivity contribution in [3.05, 3.63) is 59.5 Å². The number of benzene rings is 1. The summed E-state index contributed by atoms with van der Waals surface area (Å²) in [6.07, 6.45) is -3.60. The quantitative estimate of drug-likeness (QED) is 0.719. The SMILES string of the molecule is N#Cc1c(-c2cccc(F)c2)nn(-c2cc(C(F)(F)F)ccn2)c1N. The summed E-state index contributed by atoms with van der Waals surface area (Å²) in [5.41, 5.74) is 5.16. The lowest BCUT2D eigenvalue weighted by Gasteiger charge is -2.08. The Morgan fingerprint density at radius 3 is 2.56 bits per heavy atom. The summed E-state index contributed by atoms with van der Waals surface area (Å²) in [5.74, 6) is -0.938. The van der Waals surface area contributed by atoms with E-state index >= 15 is 0 Å². The van der Waals surface area contributed by atoms with Gasteiger partial charge in [0.15, 0.2) is 5.82 Å². The van der Waals surface area contributed by atoms with Crippen molar-refractivity contribution in [2.45, 2.75) is 6.18 Å². The number of anilines is 1. The second kappa shape index (κ2) is 5.90. The van der Waals surface area contributed by atoms with Crippen molar-refractivity contribution in [1.29, 1.82) is 5.26 Å². The number of aromatic nitrogens is 3. The predicted molar refractivity (Wildman–Crippen MR) is 80.9 cm³/mol. The second-order valence-electron chi connectivity index (χ2n) is 5.04. The van der Waals surface area contributed by atoms with Gasteiger partial charge < -0.3 is 5.73 Å². The third-order valence-electron chi connectivity index (χ3n) is 3.42. The van der Waals surface area contributed by atoms with Crippen LogP contribution in [0.15, 0.2) is 42.6 Å². The van der Waals surface area contributed by atoms with Gasteiger partial charge in [-0.15, -0.1) is 0 Å². The van der Waals surface area contributed by atoms with Crippen LogP contribution in [0.5, 0.6) is 0 Å². The van der Waals surface area contributed by atoms with Crippen LogP contribution in [0.25, 0.3) is 17.1 Å². The molecule has 0 unspecified atom stereocenters. The van der Waals surface area contributed by atoms with Crippen molar-refractivity contribution in [2.75, 3.05) is 5.73 Å². The molecular weight excluding hydrogens is 338 g/mol. The van der Waals surface area contributed by atoms with Crippen molar-refractivity contribution in [1.82, 2.24) is 14.8 Å². The molecular formula is C16H9F4N5. The number of hydrogen-bond acceptors (Lipinski definition) is 4. The molecule has 0 saturated carbocycles. The first-order valence-electron chi connectivity index (χ1n) is 6.89. The standard InChI is InChI=1S/C16H9F4N5/c17-11-3-1-2-9(6-11)14-12(8-21)15(22)25(24-14)13-7-10(4-5-23-13)16(18,19)20/h1-7H,22H2. The Kier molecular flexibility index (Phi) is 3.88. The molecule has 5 nitrogen and oxygen atoms in total. The van der Waals surface area contributed by atoms with Crippen LogP contribution >= 0.6 is 0 Å². The van der Waals surface area contributed by atoms with Crippen molar-refractivity contribution >= 4 is 5.82 Å². The number of pyridine rings is 1. The van der Waals surface area contributed by atoms with Crippen LogP contribution in [0, 0.1) is 17.1 Å². The molecule has 9 heteroatoms. The number of halogens is 4. The van der Waals surface area contributed by atoms with E-state index in [1.165, 1.54) is 18.2 Å². The second-order valence-corrected chi connectivity index (χ2v) is 5.04. The highest BCUT2D eigenvalue weighted by atomic mass is 19.4. The molecule has 0 amide bonds. The molecule has 126 valence electrons. The highest BCUT2D eigenvalue weighted by Gasteiger charge is 2.31. The molecule has 0 saturated heterocycles. The summed E-state index contributed by atoms with van der Waals surface area (Å²) in [6, 6.07) is 8.69. The van der Waals surface area contributed by atoms with E-state index < -0.39 is 17.6 Å². The number of nitrogens with two attached hydrogens (primary N) is 1. The summed E-state index contributed by atoms with van der Waals surface area (Å²) in [6.45, 7) is 0. The van der Waals surface area contributed by atoms with Crippen molar-refractivity contribution in [3.63, 3.8) is 0 Å². The van der Waals surface area contributed by atoms with Gasteiger partial charge in [-0.3, -0.25) is 0 Å². The zero-order chi connectivity index (χ0) is 18.2. The van der Waals surface area contributed by atoms with E-state index in [4.69, 9.17) is 5.73 Å². The average molecular weight is 347 g/mol. The van der Waals surface area contributed by atoms with Gasteiger partial charge in [0.2, 0.25) is 0 Å². The van der Waals surface area contributed by atoms with Gasteiger partial charge in [0.1, 0.15) is 29.0 Å². The van der Waals surface area contributed by atoms with Crippen molar-refractivity contribution < 1.29 is 17.6 Å². The van der Waals surface area contributed by atoms with Crippen molar-refractivity contribution in [2.24, 2.45) is 0 Å². The van der Waals surface area contributed by atoms with Crippen LogP contribution in [-0.2, 0) is 6.18 Å². The molecule has 0 fully saturated rings. The molecule has 0 aliphatic heterocycles. The summed E-state index contributed by atoms with van der Waals surface area (Å²) in [5, 5.41) is 13.4. The van der Waals surface area contributed by atoms with Gasteiger partial charge in [0.05, 0.1) is 5.56 Å². The predicted octanol–water partition coefficient (Wildman–Crippen LogP) is 3.55. The maximum absolute atomic E-state index is 13.4. The van der Waals surface area contributed by atoms with E-state index in [2.05, 4.69) is 10.1 Å². The van der Waals surface area contributed by atoms with Crippen LogP contribution in [0.2, 0.25) is 0 Å². The van der Waals surface area contributed by atoms with Gasteiger partial charge in [-0.05, 0) is 24.3 Å². The fraction of sp³-hybridized carbons (Fsp3) is 0.0625.